The maximum Gasteiger partial charge on any atom is 0.337 e. The third-order valence-electron chi connectivity index (χ3n) is 2.43. The Labute approximate surface area is 97.3 Å². The number of amides is 1. The largest absolute Gasteiger partial charge is 0.478 e. The van der Waals surface area contributed by atoms with Crippen LogP contribution in [0.25, 0.3) is 0 Å². The lowest BCUT2D eigenvalue weighted by Crippen LogP contribution is -2.20. The summed E-state index contributed by atoms with van der Waals surface area (Å²) in [6, 6.07) is 4.37. The normalized spacial score (nSPS) is 15.0. The summed E-state index contributed by atoms with van der Waals surface area (Å²) in [6.07, 6.45) is 0.257. The molecule has 0 aromatic heterocycles. The average Bonchev–Trinajstić information content (AvgIpc) is 2.58. The Hall–Kier alpha value is -2.37. The van der Waals surface area contributed by atoms with Gasteiger partial charge in [-0.3, -0.25) is 4.79 Å². The van der Waals surface area contributed by atoms with Gasteiger partial charge in [0, 0.05) is 11.4 Å². The number of hydrogen-bond donors (Lipinski definition) is 2. The van der Waals surface area contributed by atoms with Crippen LogP contribution in [0, 0.1) is 0 Å². The molecule has 2 rings (SSSR count). The van der Waals surface area contributed by atoms with Gasteiger partial charge >= 0.3 is 5.97 Å². The van der Waals surface area contributed by atoms with Crippen LogP contribution >= 0.6 is 0 Å². The summed E-state index contributed by atoms with van der Waals surface area (Å²) in [5, 5.41) is 14.2. The number of rotatable bonds is 2. The molecule has 1 aliphatic heterocycles. The molecule has 0 atom stereocenters. The highest BCUT2D eigenvalue weighted by Crippen LogP contribution is 2.24. The average molecular weight is 233 g/mol. The van der Waals surface area contributed by atoms with Gasteiger partial charge in [0.2, 0.25) is 0 Å². The number of nitrogen functional groups attached to an aromatic ring is 1. The lowest BCUT2D eigenvalue weighted by molar-refractivity contribution is -0.116. The summed E-state index contributed by atoms with van der Waals surface area (Å²) >= 11 is 0. The van der Waals surface area contributed by atoms with E-state index in [2.05, 4.69) is 5.10 Å². The molecule has 0 radical (unpaired) electrons. The number of carboxylic acid groups (broad SMARTS) is 1. The second-order valence-corrected chi connectivity index (χ2v) is 3.79. The molecule has 17 heavy (non-hydrogen) atoms. The fourth-order valence-electron chi connectivity index (χ4n) is 1.62. The van der Waals surface area contributed by atoms with Gasteiger partial charge in [0.1, 0.15) is 0 Å². The SMILES string of the molecule is CC1=NN(c2ccc(N)c(C(=O)O)c2)C(=O)C1. The molecule has 0 fully saturated rings. The van der Waals surface area contributed by atoms with Gasteiger partial charge in [-0.2, -0.15) is 5.10 Å². The van der Waals surface area contributed by atoms with E-state index in [1.807, 2.05) is 0 Å². The minimum absolute atomic E-state index is 0.0324. The Bertz CT molecular complexity index is 537. The molecular formula is C11H11N3O3. The van der Waals surface area contributed by atoms with Gasteiger partial charge in [0.15, 0.2) is 0 Å². The summed E-state index contributed by atoms with van der Waals surface area (Å²) < 4.78 is 0. The lowest BCUT2D eigenvalue weighted by atomic mass is 10.1. The molecule has 1 heterocycles. The number of benzene rings is 1. The topological polar surface area (TPSA) is 96.0 Å². The molecule has 0 saturated carbocycles. The van der Waals surface area contributed by atoms with Crippen molar-refractivity contribution in [2.45, 2.75) is 13.3 Å². The van der Waals surface area contributed by atoms with Crippen molar-refractivity contribution >= 4 is 29.0 Å². The highest BCUT2D eigenvalue weighted by atomic mass is 16.4. The lowest BCUT2D eigenvalue weighted by Gasteiger charge is -2.13. The van der Waals surface area contributed by atoms with Crippen molar-refractivity contribution in [3.63, 3.8) is 0 Å². The summed E-state index contributed by atoms with van der Waals surface area (Å²) in [5.41, 5.74) is 6.77. The fraction of sp³-hybridized carbons (Fsp3) is 0.182. The van der Waals surface area contributed by atoms with Crippen LogP contribution in [0.1, 0.15) is 23.7 Å². The van der Waals surface area contributed by atoms with Crippen LogP contribution in [0.2, 0.25) is 0 Å². The predicted octanol–water partition coefficient (Wildman–Crippen LogP) is 1.08. The van der Waals surface area contributed by atoms with E-state index in [1.54, 1.807) is 13.0 Å². The molecular weight excluding hydrogens is 222 g/mol. The molecule has 1 aromatic carbocycles. The van der Waals surface area contributed by atoms with E-state index in [0.717, 1.165) is 0 Å². The minimum atomic E-state index is -1.13. The monoisotopic (exact) mass is 233 g/mol. The van der Waals surface area contributed by atoms with Gasteiger partial charge in [-0.15, -0.1) is 0 Å². The van der Waals surface area contributed by atoms with Crippen LogP contribution in [-0.2, 0) is 4.79 Å². The third-order valence-corrected chi connectivity index (χ3v) is 2.43. The van der Waals surface area contributed by atoms with Crippen LogP contribution in [0.4, 0.5) is 11.4 Å². The van der Waals surface area contributed by atoms with Crippen LogP contribution in [0.3, 0.4) is 0 Å². The van der Waals surface area contributed by atoms with Crippen molar-refractivity contribution < 1.29 is 14.7 Å². The molecule has 0 unspecified atom stereocenters. The van der Waals surface area contributed by atoms with E-state index in [4.69, 9.17) is 10.8 Å². The molecule has 88 valence electrons. The zero-order valence-electron chi connectivity index (χ0n) is 9.17. The number of nitrogens with zero attached hydrogens (tertiary/aromatic N) is 2. The zero-order chi connectivity index (χ0) is 12.6. The Balaban J connectivity index is 2.44. The van der Waals surface area contributed by atoms with Gasteiger partial charge in [0.25, 0.3) is 5.91 Å². The van der Waals surface area contributed by atoms with Gasteiger partial charge in [0.05, 0.1) is 17.7 Å². The maximum atomic E-state index is 11.6. The number of hydrogen-bond acceptors (Lipinski definition) is 4. The van der Waals surface area contributed by atoms with E-state index in [1.165, 1.54) is 17.1 Å². The van der Waals surface area contributed by atoms with Crippen LogP contribution in [-0.4, -0.2) is 22.7 Å². The van der Waals surface area contributed by atoms with E-state index in [-0.39, 0.29) is 23.6 Å². The van der Waals surface area contributed by atoms with Gasteiger partial charge < -0.3 is 10.8 Å². The van der Waals surface area contributed by atoms with E-state index in [9.17, 15) is 9.59 Å². The number of nitrogens with two attached hydrogens (primary N) is 1. The van der Waals surface area contributed by atoms with Crippen LogP contribution in [0.15, 0.2) is 23.3 Å². The van der Waals surface area contributed by atoms with Crippen molar-refractivity contribution in [2.24, 2.45) is 5.10 Å². The first-order valence-electron chi connectivity index (χ1n) is 4.99. The van der Waals surface area contributed by atoms with Gasteiger partial charge in [-0.1, -0.05) is 0 Å². The quantitative estimate of drug-likeness (QED) is 0.747. The molecule has 0 spiro atoms. The van der Waals surface area contributed by atoms with Gasteiger partial charge in [-0.25, -0.2) is 9.80 Å². The standard InChI is InChI=1S/C11H11N3O3/c1-6-4-10(15)14(13-6)7-2-3-9(12)8(5-7)11(16)17/h2-3,5H,4,12H2,1H3,(H,16,17). The highest BCUT2D eigenvalue weighted by molar-refractivity contribution is 6.12. The molecule has 1 aliphatic rings. The number of carbonyl (C=O) groups excluding carboxylic acids is 1. The van der Waals surface area contributed by atoms with E-state index >= 15 is 0 Å². The number of carbonyl (C=O) groups is 2. The molecule has 0 bridgehead atoms. The molecule has 6 nitrogen and oxygen atoms in total. The second-order valence-electron chi connectivity index (χ2n) is 3.79. The number of aromatic carboxylic acids is 1. The molecule has 3 N–H and O–H groups in total. The van der Waals surface area contributed by atoms with E-state index < -0.39 is 5.97 Å². The van der Waals surface area contributed by atoms with Crippen molar-refractivity contribution in [2.75, 3.05) is 10.7 Å². The first kappa shape index (κ1) is 11.1. The van der Waals surface area contributed by atoms with Crippen LogP contribution < -0.4 is 10.7 Å². The van der Waals surface area contributed by atoms with Crippen LogP contribution in [0.5, 0.6) is 0 Å². The van der Waals surface area contributed by atoms with Crippen molar-refractivity contribution in [3.8, 4) is 0 Å². The number of hydrazone groups is 1. The van der Waals surface area contributed by atoms with E-state index in [0.29, 0.717) is 11.4 Å². The smallest absolute Gasteiger partial charge is 0.337 e. The molecule has 0 aliphatic carbocycles. The highest BCUT2D eigenvalue weighted by Gasteiger charge is 2.23. The Kier molecular flexibility index (Phi) is 2.55. The first-order valence-corrected chi connectivity index (χ1v) is 4.99. The summed E-state index contributed by atoms with van der Waals surface area (Å²) in [5.74, 6) is -1.31. The maximum absolute atomic E-state index is 11.6. The Morgan fingerprint density at radius 3 is 2.76 bits per heavy atom. The summed E-state index contributed by atoms with van der Waals surface area (Å²) in [4.78, 5) is 22.5. The van der Waals surface area contributed by atoms with Gasteiger partial charge in [-0.05, 0) is 25.1 Å². The Morgan fingerprint density at radius 2 is 2.24 bits per heavy atom. The Morgan fingerprint density at radius 1 is 1.53 bits per heavy atom. The van der Waals surface area contributed by atoms with Crippen molar-refractivity contribution in [3.05, 3.63) is 23.8 Å². The first-order chi connectivity index (χ1) is 7.99. The molecule has 6 heteroatoms. The summed E-state index contributed by atoms with van der Waals surface area (Å²) in [7, 11) is 0. The number of carboxylic acids is 1. The van der Waals surface area contributed by atoms with Crippen molar-refractivity contribution in [1.82, 2.24) is 0 Å². The minimum Gasteiger partial charge on any atom is -0.478 e. The van der Waals surface area contributed by atoms with Crippen molar-refractivity contribution in [1.29, 1.82) is 0 Å². The number of anilines is 2. The fourth-order valence-corrected chi connectivity index (χ4v) is 1.62. The molecule has 1 amide bonds. The zero-order valence-corrected chi connectivity index (χ0v) is 9.17. The molecule has 1 aromatic rings. The molecule has 0 saturated heterocycles. The third kappa shape index (κ3) is 1.96. The summed E-state index contributed by atoms with van der Waals surface area (Å²) in [6.45, 7) is 1.74. The second kappa shape index (κ2) is 3.89. The predicted molar refractivity (Wildman–Crippen MR) is 63.0 cm³/mol.